The summed E-state index contributed by atoms with van der Waals surface area (Å²) in [6, 6.07) is 4.28. The van der Waals surface area contributed by atoms with E-state index in [9.17, 15) is 14.7 Å². The number of aliphatic carboxylic acids is 1. The molecule has 2 aliphatic heterocycles. The fourth-order valence-corrected chi connectivity index (χ4v) is 3.99. The minimum absolute atomic E-state index is 0.191. The highest BCUT2D eigenvalue weighted by Gasteiger charge is 2.36. The molecule has 7 nitrogen and oxygen atoms in total. The molecule has 1 fully saturated rings. The van der Waals surface area contributed by atoms with Gasteiger partial charge < -0.3 is 19.9 Å². The molecular weight excluding hydrogens is 356 g/mol. The monoisotopic (exact) mass is 374 g/mol. The first-order chi connectivity index (χ1) is 12.5. The van der Waals surface area contributed by atoms with Gasteiger partial charge in [-0.25, -0.2) is 9.78 Å². The summed E-state index contributed by atoms with van der Waals surface area (Å²) < 4.78 is 0. The Bertz CT molecular complexity index is 860. The topological polar surface area (TPSA) is 89.5 Å². The van der Waals surface area contributed by atoms with Crippen molar-refractivity contribution in [3.8, 4) is 0 Å². The summed E-state index contributed by atoms with van der Waals surface area (Å²) in [5, 5.41) is 10.1. The molecule has 0 aliphatic carbocycles. The molecule has 8 heteroatoms. The van der Waals surface area contributed by atoms with E-state index in [1.807, 2.05) is 6.07 Å². The molecule has 1 aromatic carbocycles. The molecule has 136 valence electrons. The molecule has 0 unspecified atom stereocenters. The Hall–Kier alpha value is -2.54. The van der Waals surface area contributed by atoms with Crippen LogP contribution in [0.25, 0.3) is 0 Å². The summed E-state index contributed by atoms with van der Waals surface area (Å²) in [7, 11) is 0. The highest BCUT2D eigenvalue weighted by Crippen LogP contribution is 2.31. The van der Waals surface area contributed by atoms with Gasteiger partial charge in [-0.2, -0.15) is 0 Å². The molecule has 4 rings (SSSR count). The van der Waals surface area contributed by atoms with E-state index in [0.29, 0.717) is 16.3 Å². The summed E-state index contributed by atoms with van der Waals surface area (Å²) in [5.74, 6) is -1.38. The molecule has 2 N–H and O–H groups in total. The van der Waals surface area contributed by atoms with E-state index in [2.05, 4.69) is 14.9 Å². The lowest BCUT2D eigenvalue weighted by Gasteiger charge is -2.32. The van der Waals surface area contributed by atoms with Gasteiger partial charge in [0.15, 0.2) is 0 Å². The van der Waals surface area contributed by atoms with E-state index in [4.69, 9.17) is 11.6 Å². The normalized spacial score (nSPS) is 19.5. The third-order valence-electron chi connectivity index (χ3n) is 5.09. The van der Waals surface area contributed by atoms with Crippen LogP contribution in [-0.2, 0) is 17.8 Å². The number of aromatic nitrogens is 2. The van der Waals surface area contributed by atoms with Crippen LogP contribution in [-0.4, -0.2) is 51.0 Å². The van der Waals surface area contributed by atoms with E-state index in [1.54, 1.807) is 12.1 Å². The predicted molar refractivity (Wildman–Crippen MR) is 96.5 cm³/mol. The number of halogens is 1. The quantitative estimate of drug-likeness (QED) is 0.860. The van der Waals surface area contributed by atoms with Crippen molar-refractivity contribution in [2.75, 3.05) is 18.0 Å². The lowest BCUT2D eigenvalue weighted by molar-refractivity contribution is -0.142. The minimum Gasteiger partial charge on any atom is -0.480 e. The number of aromatic amines is 1. The number of anilines is 1. The number of rotatable bonds is 3. The molecule has 2 aromatic rings. The number of carboxylic acids is 1. The van der Waals surface area contributed by atoms with Crippen LogP contribution in [0.15, 0.2) is 24.5 Å². The van der Waals surface area contributed by atoms with Gasteiger partial charge in [0, 0.05) is 25.1 Å². The van der Waals surface area contributed by atoms with Gasteiger partial charge in [0.25, 0.3) is 5.91 Å². The minimum atomic E-state index is -1.04. The zero-order chi connectivity index (χ0) is 18.3. The van der Waals surface area contributed by atoms with Crippen molar-refractivity contribution in [3.05, 3.63) is 46.5 Å². The molecule has 26 heavy (non-hydrogen) atoms. The van der Waals surface area contributed by atoms with Gasteiger partial charge in [-0.05, 0) is 31.0 Å². The van der Waals surface area contributed by atoms with Gasteiger partial charge in [0.2, 0.25) is 0 Å². The molecule has 1 saturated heterocycles. The van der Waals surface area contributed by atoms with Crippen LogP contribution in [0.5, 0.6) is 0 Å². The number of amides is 1. The molecule has 0 bridgehead atoms. The second-order valence-electron chi connectivity index (χ2n) is 6.68. The molecule has 0 spiro atoms. The van der Waals surface area contributed by atoms with E-state index < -0.39 is 12.0 Å². The van der Waals surface area contributed by atoms with Crippen molar-refractivity contribution >= 4 is 29.2 Å². The second kappa shape index (κ2) is 6.64. The van der Waals surface area contributed by atoms with E-state index in [-0.39, 0.29) is 18.9 Å². The van der Waals surface area contributed by atoms with Gasteiger partial charge in [-0.3, -0.25) is 4.79 Å². The van der Waals surface area contributed by atoms with Crippen LogP contribution in [0.4, 0.5) is 5.69 Å². The summed E-state index contributed by atoms with van der Waals surface area (Å²) >= 11 is 6.41. The predicted octanol–water partition coefficient (Wildman–Crippen LogP) is 2.31. The number of carbonyl (C=O) groups is 2. The lowest BCUT2D eigenvalue weighted by Crippen LogP contribution is -2.48. The third kappa shape index (κ3) is 2.92. The first-order valence-corrected chi connectivity index (χ1v) is 9.02. The van der Waals surface area contributed by atoms with E-state index in [0.717, 1.165) is 37.3 Å². The second-order valence-corrected chi connectivity index (χ2v) is 7.09. The summed E-state index contributed by atoms with van der Waals surface area (Å²) in [6.07, 6.45) is 3.99. The molecule has 0 radical (unpaired) electrons. The van der Waals surface area contributed by atoms with Crippen molar-refractivity contribution in [3.63, 3.8) is 0 Å². The Kier molecular flexibility index (Phi) is 4.32. The third-order valence-corrected chi connectivity index (χ3v) is 5.39. The van der Waals surface area contributed by atoms with Crippen LogP contribution in [0.1, 0.15) is 34.6 Å². The maximum Gasteiger partial charge on any atom is 0.326 e. The average molecular weight is 375 g/mol. The summed E-state index contributed by atoms with van der Waals surface area (Å²) in [5.41, 5.74) is 2.79. The van der Waals surface area contributed by atoms with Crippen LogP contribution in [0, 0.1) is 0 Å². The highest BCUT2D eigenvalue weighted by atomic mass is 35.5. The number of carbonyl (C=O) groups excluding carboxylic acids is 1. The van der Waals surface area contributed by atoms with Crippen LogP contribution < -0.4 is 4.90 Å². The number of H-pyrrole nitrogens is 1. The van der Waals surface area contributed by atoms with Crippen LogP contribution >= 0.6 is 11.6 Å². The Morgan fingerprint density at radius 1 is 1.27 bits per heavy atom. The van der Waals surface area contributed by atoms with Gasteiger partial charge >= 0.3 is 5.97 Å². The smallest absolute Gasteiger partial charge is 0.326 e. The molecular formula is C18H19ClN4O3. The molecule has 1 atom stereocenters. The van der Waals surface area contributed by atoms with Crippen molar-refractivity contribution in [2.45, 2.75) is 31.8 Å². The number of hydrogen-bond donors (Lipinski definition) is 2. The van der Waals surface area contributed by atoms with Gasteiger partial charge in [0.05, 0.1) is 35.0 Å². The first-order valence-electron chi connectivity index (χ1n) is 8.64. The van der Waals surface area contributed by atoms with Gasteiger partial charge in [-0.1, -0.05) is 11.6 Å². The molecule has 1 amide bonds. The summed E-state index contributed by atoms with van der Waals surface area (Å²) in [4.78, 5) is 35.3. The lowest BCUT2D eigenvalue weighted by atomic mass is 10.0. The fourth-order valence-electron chi connectivity index (χ4n) is 3.69. The maximum absolute atomic E-state index is 13.0. The number of carboxylic acid groups (broad SMARTS) is 1. The van der Waals surface area contributed by atoms with Gasteiger partial charge in [0.1, 0.15) is 6.04 Å². The Labute approximate surface area is 155 Å². The fraction of sp³-hybridized carbons (Fsp3) is 0.389. The first kappa shape index (κ1) is 16.9. The van der Waals surface area contributed by atoms with Crippen molar-refractivity contribution < 1.29 is 14.7 Å². The number of hydrogen-bond acceptors (Lipinski definition) is 4. The molecule has 2 aliphatic rings. The Balaban J connectivity index is 1.62. The van der Waals surface area contributed by atoms with E-state index in [1.165, 1.54) is 11.2 Å². The maximum atomic E-state index is 13.0. The number of imidazole rings is 1. The zero-order valence-electron chi connectivity index (χ0n) is 14.1. The Morgan fingerprint density at radius 3 is 2.73 bits per heavy atom. The van der Waals surface area contributed by atoms with Crippen molar-refractivity contribution in [2.24, 2.45) is 0 Å². The largest absolute Gasteiger partial charge is 0.480 e. The van der Waals surface area contributed by atoms with Crippen molar-refractivity contribution in [1.29, 1.82) is 0 Å². The molecule has 3 heterocycles. The van der Waals surface area contributed by atoms with Crippen molar-refractivity contribution in [1.82, 2.24) is 14.9 Å². The number of nitrogens with zero attached hydrogens (tertiary/aromatic N) is 3. The molecule has 1 aromatic heterocycles. The average Bonchev–Trinajstić information content (AvgIpc) is 3.31. The zero-order valence-corrected chi connectivity index (χ0v) is 14.9. The van der Waals surface area contributed by atoms with Crippen LogP contribution in [0.2, 0.25) is 5.02 Å². The SMILES string of the molecule is O=C(O)[C@H]1Cc2nc[nH]c2CN1C(=O)c1ccc(N2CCCC2)c(Cl)c1. The number of fused-ring (bicyclic) bond motifs is 1. The van der Waals surface area contributed by atoms with Crippen LogP contribution in [0.3, 0.4) is 0 Å². The number of nitrogens with one attached hydrogen (secondary N) is 1. The standard InChI is InChI=1S/C18H19ClN4O3/c19-12-7-11(3-4-15(12)22-5-1-2-6-22)17(24)23-9-14-13(20-10-21-14)8-16(23)18(25)26/h3-4,7,10,16H,1-2,5-6,8-9H2,(H,20,21)(H,25,26)/t16-/m1/s1. The van der Waals surface area contributed by atoms with Gasteiger partial charge in [-0.15, -0.1) is 0 Å². The van der Waals surface area contributed by atoms with E-state index >= 15 is 0 Å². The molecule has 0 saturated carbocycles. The summed E-state index contributed by atoms with van der Waals surface area (Å²) in [6.45, 7) is 2.11. The number of benzene rings is 1. The Morgan fingerprint density at radius 2 is 2.04 bits per heavy atom. The highest BCUT2D eigenvalue weighted by molar-refractivity contribution is 6.33.